The number of carboxylic acids is 1. The monoisotopic (exact) mass is 434 g/mol. The van der Waals surface area contributed by atoms with Gasteiger partial charge in [0.25, 0.3) is 0 Å². The minimum absolute atomic E-state index is 0.128. The molecule has 32 heavy (non-hydrogen) atoms. The van der Waals surface area contributed by atoms with Gasteiger partial charge in [0.2, 0.25) is 0 Å². The minimum Gasteiger partial charge on any atom is -0.481 e. The normalized spacial score (nSPS) is 16.8. The lowest BCUT2D eigenvalue weighted by atomic mass is 9.57. The van der Waals surface area contributed by atoms with Crippen LogP contribution >= 0.6 is 0 Å². The molecule has 3 heterocycles. The van der Waals surface area contributed by atoms with Crippen LogP contribution in [-0.2, 0) is 4.79 Å². The van der Waals surface area contributed by atoms with Gasteiger partial charge in [0.1, 0.15) is 5.82 Å². The smallest absolute Gasteiger partial charge is 0.320 e. The summed E-state index contributed by atoms with van der Waals surface area (Å²) < 4.78 is 5.37. The molecule has 1 spiro atoms. The number of aromatic nitrogens is 3. The molecule has 0 unspecified atom stereocenters. The van der Waals surface area contributed by atoms with Crippen LogP contribution in [0, 0.1) is 11.3 Å². The third-order valence-corrected chi connectivity index (χ3v) is 5.93. The van der Waals surface area contributed by atoms with E-state index < -0.39 is 11.9 Å². The molecule has 5 rings (SSSR count). The second-order valence-corrected chi connectivity index (χ2v) is 8.49. The zero-order valence-electron chi connectivity index (χ0n) is 17.2. The van der Waals surface area contributed by atoms with Crippen LogP contribution in [0.5, 0.6) is 0 Å². The maximum Gasteiger partial charge on any atom is 0.320 e. The van der Waals surface area contributed by atoms with Crippen LogP contribution in [-0.4, -0.2) is 45.3 Å². The van der Waals surface area contributed by atoms with Gasteiger partial charge in [-0.05, 0) is 43.0 Å². The molecule has 10 heteroatoms. The van der Waals surface area contributed by atoms with Crippen molar-refractivity contribution in [3.8, 4) is 0 Å². The van der Waals surface area contributed by atoms with Crippen LogP contribution in [0.4, 0.5) is 23.2 Å². The number of nitrogens with one attached hydrogen (secondary N) is 2. The fourth-order valence-electron chi connectivity index (χ4n) is 4.58. The van der Waals surface area contributed by atoms with Crippen molar-refractivity contribution in [3.05, 3.63) is 54.6 Å². The maximum absolute atomic E-state index is 12.4. The third-order valence-electron chi connectivity index (χ3n) is 5.93. The summed E-state index contributed by atoms with van der Waals surface area (Å²) in [4.78, 5) is 29.8. The number of anilines is 4. The second-order valence-electron chi connectivity index (χ2n) is 8.49. The van der Waals surface area contributed by atoms with E-state index in [-0.39, 0.29) is 23.7 Å². The number of rotatable bonds is 7. The van der Waals surface area contributed by atoms with E-state index in [4.69, 9.17) is 9.52 Å². The van der Waals surface area contributed by atoms with Crippen molar-refractivity contribution in [3.63, 3.8) is 0 Å². The van der Waals surface area contributed by atoms with E-state index in [0.29, 0.717) is 11.6 Å². The Hall–Kier alpha value is -3.95. The van der Waals surface area contributed by atoms with Crippen LogP contribution in [0.1, 0.15) is 29.9 Å². The number of benzene rings is 1. The molecular weight excluding hydrogens is 412 g/mol. The Kier molecular flexibility index (Phi) is 4.96. The molecular formula is C22H22N6O4. The first-order valence-corrected chi connectivity index (χ1v) is 10.4. The molecule has 0 atom stereocenters. The molecule has 1 aromatic carbocycles. The number of pyridine rings is 1. The molecule has 0 radical (unpaired) electrons. The number of para-hydroxylation sites is 1. The highest BCUT2D eigenvalue weighted by molar-refractivity contribution is 6.00. The zero-order chi connectivity index (χ0) is 22.1. The summed E-state index contributed by atoms with van der Waals surface area (Å²) in [6, 6.07) is 13.1. The topological polar surface area (TPSA) is 133 Å². The van der Waals surface area contributed by atoms with Crippen molar-refractivity contribution in [2.45, 2.75) is 19.3 Å². The Morgan fingerprint density at radius 1 is 1.09 bits per heavy atom. The van der Waals surface area contributed by atoms with E-state index in [1.165, 1.54) is 0 Å². The van der Waals surface area contributed by atoms with Crippen LogP contribution in [0.2, 0.25) is 0 Å². The molecule has 0 bridgehead atoms. The Morgan fingerprint density at radius 3 is 2.56 bits per heavy atom. The molecule has 3 aromatic rings. The first-order valence-electron chi connectivity index (χ1n) is 10.4. The average Bonchev–Trinajstić information content (AvgIpc) is 3.19. The Bertz CT molecular complexity index is 1120. The van der Waals surface area contributed by atoms with Crippen molar-refractivity contribution in [2.24, 2.45) is 11.3 Å². The summed E-state index contributed by atoms with van der Waals surface area (Å²) in [6.07, 6.45) is 3.79. The number of nitrogens with zero attached hydrogens (tertiary/aromatic N) is 4. The average molecular weight is 434 g/mol. The summed E-state index contributed by atoms with van der Waals surface area (Å²) in [6.45, 7) is 1.78. The Balaban J connectivity index is 1.12. The summed E-state index contributed by atoms with van der Waals surface area (Å²) in [5, 5.41) is 22.1. The molecule has 1 aliphatic carbocycles. The standard InChI is InChI=1S/C22H22N6O4/c29-18(30)8-14-9-22(10-14)12-28(13-22)17-7-6-16(11-23-17)24-19(31)20-26-27-21(32-20)25-15-4-2-1-3-5-15/h1-7,11,14H,8-10,12-13H2,(H,24,31)(H,25,27)(H,29,30). The zero-order valence-corrected chi connectivity index (χ0v) is 17.2. The van der Waals surface area contributed by atoms with Gasteiger partial charge in [-0.1, -0.05) is 23.3 Å². The number of hydrogen-bond acceptors (Lipinski definition) is 8. The molecule has 10 nitrogen and oxygen atoms in total. The van der Waals surface area contributed by atoms with Gasteiger partial charge in [0.05, 0.1) is 11.9 Å². The van der Waals surface area contributed by atoms with Gasteiger partial charge in [-0.25, -0.2) is 4.98 Å². The molecule has 1 aliphatic heterocycles. The highest BCUT2D eigenvalue weighted by Crippen LogP contribution is 2.53. The van der Waals surface area contributed by atoms with E-state index >= 15 is 0 Å². The van der Waals surface area contributed by atoms with E-state index in [9.17, 15) is 9.59 Å². The van der Waals surface area contributed by atoms with Crippen molar-refractivity contribution in [1.82, 2.24) is 15.2 Å². The molecule has 1 saturated heterocycles. The van der Waals surface area contributed by atoms with Crippen LogP contribution in [0.3, 0.4) is 0 Å². The summed E-state index contributed by atoms with van der Waals surface area (Å²) in [5.74, 6) is -0.256. The fraction of sp³-hybridized carbons (Fsp3) is 0.318. The Morgan fingerprint density at radius 2 is 1.88 bits per heavy atom. The van der Waals surface area contributed by atoms with Gasteiger partial charge in [-0.2, -0.15) is 0 Å². The van der Waals surface area contributed by atoms with Gasteiger partial charge in [0, 0.05) is 30.6 Å². The first kappa shape index (κ1) is 20.0. The van der Waals surface area contributed by atoms with Crippen molar-refractivity contribution in [1.29, 1.82) is 0 Å². The van der Waals surface area contributed by atoms with E-state index in [0.717, 1.165) is 37.4 Å². The molecule has 2 aliphatic rings. The van der Waals surface area contributed by atoms with Gasteiger partial charge in [-0.15, -0.1) is 5.10 Å². The molecule has 164 valence electrons. The molecule has 2 aromatic heterocycles. The number of carbonyl (C=O) groups excluding carboxylic acids is 1. The van der Waals surface area contributed by atoms with Crippen molar-refractivity contribution in [2.75, 3.05) is 28.6 Å². The highest BCUT2D eigenvalue weighted by atomic mass is 16.4. The SMILES string of the molecule is O=C(O)CC1CC2(C1)CN(c1ccc(NC(=O)c3nnc(Nc4ccccc4)o3)cn1)C2. The molecule has 2 fully saturated rings. The molecule has 1 saturated carbocycles. The fourth-order valence-corrected chi connectivity index (χ4v) is 4.58. The van der Waals surface area contributed by atoms with Gasteiger partial charge >= 0.3 is 23.8 Å². The molecule has 1 amide bonds. The van der Waals surface area contributed by atoms with Gasteiger partial charge in [0.15, 0.2) is 0 Å². The minimum atomic E-state index is -0.718. The predicted octanol–water partition coefficient (Wildman–Crippen LogP) is 3.15. The van der Waals surface area contributed by atoms with Crippen LogP contribution in [0.25, 0.3) is 0 Å². The number of amides is 1. The van der Waals surface area contributed by atoms with Crippen molar-refractivity contribution >= 4 is 35.1 Å². The van der Waals surface area contributed by atoms with Gasteiger partial charge < -0.3 is 25.1 Å². The second kappa shape index (κ2) is 7.95. The number of carboxylic acid groups (broad SMARTS) is 1. The van der Waals surface area contributed by atoms with E-state index in [1.807, 2.05) is 36.4 Å². The lowest BCUT2D eigenvalue weighted by Gasteiger charge is -2.59. The van der Waals surface area contributed by atoms with E-state index in [2.05, 4.69) is 30.7 Å². The number of aliphatic carboxylic acids is 1. The van der Waals surface area contributed by atoms with E-state index in [1.54, 1.807) is 12.3 Å². The Labute approximate surface area is 183 Å². The third kappa shape index (κ3) is 4.11. The summed E-state index contributed by atoms with van der Waals surface area (Å²) in [5.41, 5.74) is 1.54. The lowest BCUT2D eigenvalue weighted by Crippen LogP contribution is -2.62. The summed E-state index contributed by atoms with van der Waals surface area (Å²) >= 11 is 0. The first-order chi connectivity index (χ1) is 15.5. The lowest BCUT2D eigenvalue weighted by molar-refractivity contribution is -0.140. The van der Waals surface area contributed by atoms with Crippen LogP contribution in [0.15, 0.2) is 53.1 Å². The predicted molar refractivity (Wildman–Crippen MR) is 116 cm³/mol. The highest BCUT2D eigenvalue weighted by Gasteiger charge is 2.52. The quantitative estimate of drug-likeness (QED) is 0.513. The maximum atomic E-state index is 12.4. The summed E-state index contributed by atoms with van der Waals surface area (Å²) in [7, 11) is 0. The van der Waals surface area contributed by atoms with Crippen LogP contribution < -0.4 is 15.5 Å². The van der Waals surface area contributed by atoms with Gasteiger partial charge in [-0.3, -0.25) is 9.59 Å². The van der Waals surface area contributed by atoms with Crippen molar-refractivity contribution < 1.29 is 19.1 Å². The molecule has 3 N–H and O–H groups in total. The number of carbonyl (C=O) groups is 2. The number of hydrogen-bond donors (Lipinski definition) is 3. The largest absolute Gasteiger partial charge is 0.481 e.